The van der Waals surface area contributed by atoms with Crippen LogP contribution in [0.3, 0.4) is 0 Å². The third kappa shape index (κ3) is 10.5. The highest BCUT2D eigenvalue weighted by molar-refractivity contribution is 5.90. The van der Waals surface area contributed by atoms with Gasteiger partial charge in [0.1, 0.15) is 0 Å². The number of allylic oxidation sites excluding steroid dienone is 3. The predicted molar refractivity (Wildman–Crippen MR) is 134 cm³/mol. The first-order valence-electron chi connectivity index (χ1n) is 11.2. The van der Waals surface area contributed by atoms with Crippen LogP contribution >= 0.6 is 0 Å². The second-order valence-corrected chi connectivity index (χ2v) is 7.38. The lowest BCUT2D eigenvalue weighted by molar-refractivity contribution is -0.114. The molecule has 0 atom stereocenters. The van der Waals surface area contributed by atoms with Crippen molar-refractivity contribution < 1.29 is 42.7 Å². The summed E-state index contributed by atoms with van der Waals surface area (Å²) in [5.41, 5.74) is 1.82. The minimum atomic E-state index is 0.00569. The van der Waals surface area contributed by atoms with Crippen molar-refractivity contribution in [1.29, 1.82) is 0 Å². The molecule has 9 heteroatoms. The van der Waals surface area contributed by atoms with Crippen molar-refractivity contribution in [2.24, 2.45) is 0 Å². The molecule has 36 heavy (non-hydrogen) atoms. The van der Waals surface area contributed by atoms with Gasteiger partial charge >= 0.3 is 0 Å². The molecule has 0 radical (unpaired) electrons. The lowest BCUT2D eigenvalue weighted by Gasteiger charge is -2.13. The van der Waals surface area contributed by atoms with Crippen molar-refractivity contribution in [3.63, 3.8) is 0 Å². The maximum atomic E-state index is 12.3. The van der Waals surface area contributed by atoms with Gasteiger partial charge in [0.15, 0.2) is 56.0 Å². The number of hydrogen-bond donors (Lipinski definition) is 0. The molecule has 2 aromatic rings. The van der Waals surface area contributed by atoms with Gasteiger partial charge in [-0.3, -0.25) is 4.79 Å². The van der Waals surface area contributed by atoms with E-state index in [-0.39, 0.29) is 33.0 Å². The first-order chi connectivity index (χ1) is 17.6. The van der Waals surface area contributed by atoms with Crippen LogP contribution < -0.4 is 18.9 Å². The van der Waals surface area contributed by atoms with Crippen LogP contribution in [0.1, 0.15) is 17.5 Å². The summed E-state index contributed by atoms with van der Waals surface area (Å²) in [4.78, 5) is 12.3. The molecule has 0 bridgehead atoms. The second kappa shape index (κ2) is 17.1. The highest BCUT2D eigenvalue weighted by atomic mass is 16.7. The van der Waals surface area contributed by atoms with Crippen LogP contribution in [0.15, 0.2) is 54.6 Å². The van der Waals surface area contributed by atoms with E-state index in [4.69, 9.17) is 37.9 Å². The van der Waals surface area contributed by atoms with E-state index in [1.54, 1.807) is 58.8 Å². The van der Waals surface area contributed by atoms with E-state index >= 15 is 0 Å². The van der Waals surface area contributed by atoms with Gasteiger partial charge in [-0.25, -0.2) is 0 Å². The summed E-state index contributed by atoms with van der Waals surface area (Å²) in [5.74, 6) is 2.16. The molecule has 9 nitrogen and oxygen atoms in total. The molecule has 0 aliphatic rings. The fourth-order valence-corrected chi connectivity index (χ4v) is 2.97. The molecule has 0 saturated heterocycles. The molecule has 0 aliphatic carbocycles. The number of methoxy groups -OCH3 is 4. The van der Waals surface area contributed by atoms with Crippen molar-refractivity contribution in [2.75, 3.05) is 55.6 Å². The third-order valence-electron chi connectivity index (χ3n) is 4.65. The van der Waals surface area contributed by atoms with Crippen LogP contribution in [0.4, 0.5) is 0 Å². The second-order valence-electron chi connectivity index (χ2n) is 7.38. The topological polar surface area (TPSA) is 90.9 Å². The fraction of sp³-hybridized carbons (Fsp3) is 0.370. The number of carbonyl (C=O) groups excluding carboxylic acids is 1. The molecule has 0 unspecified atom stereocenters. The van der Waals surface area contributed by atoms with Crippen LogP contribution in [-0.4, -0.2) is 61.4 Å². The zero-order valence-corrected chi connectivity index (χ0v) is 21.2. The maximum Gasteiger partial charge on any atom is 0.188 e. The highest BCUT2D eigenvalue weighted by Crippen LogP contribution is 2.30. The van der Waals surface area contributed by atoms with Crippen molar-refractivity contribution in [1.82, 2.24) is 0 Å². The number of hydrogen-bond acceptors (Lipinski definition) is 9. The number of carbonyl (C=O) groups is 1. The summed E-state index contributed by atoms with van der Waals surface area (Å²) in [6.07, 6.45) is 7.83. The molecule has 196 valence electrons. The van der Waals surface area contributed by atoms with E-state index in [1.165, 1.54) is 0 Å². The van der Waals surface area contributed by atoms with Crippen LogP contribution in [0.2, 0.25) is 0 Å². The summed E-state index contributed by atoms with van der Waals surface area (Å²) < 4.78 is 42.0. The molecule has 0 amide bonds. The monoisotopic (exact) mass is 502 g/mol. The molecule has 2 rings (SSSR count). The Bertz CT molecular complexity index is 985. The largest absolute Gasteiger partial charge is 0.464 e. The Morgan fingerprint density at radius 2 is 1.19 bits per heavy atom. The van der Waals surface area contributed by atoms with E-state index in [0.717, 1.165) is 11.1 Å². The fourth-order valence-electron chi connectivity index (χ4n) is 2.97. The van der Waals surface area contributed by atoms with Crippen LogP contribution in [0.25, 0.3) is 6.08 Å². The minimum absolute atomic E-state index is 0.00569. The van der Waals surface area contributed by atoms with E-state index in [2.05, 4.69) is 0 Å². The zero-order valence-electron chi connectivity index (χ0n) is 21.2. The van der Waals surface area contributed by atoms with Gasteiger partial charge in [0, 0.05) is 34.9 Å². The van der Waals surface area contributed by atoms with Gasteiger partial charge in [-0.2, -0.15) is 0 Å². The zero-order chi connectivity index (χ0) is 26.0. The molecular weight excluding hydrogens is 468 g/mol. The minimum Gasteiger partial charge on any atom is -0.464 e. The first kappa shape index (κ1) is 28.9. The van der Waals surface area contributed by atoms with Crippen LogP contribution in [-0.2, 0) is 30.2 Å². The van der Waals surface area contributed by atoms with E-state index < -0.39 is 0 Å². The Morgan fingerprint density at radius 3 is 1.78 bits per heavy atom. The summed E-state index contributed by atoms with van der Waals surface area (Å²) in [6, 6.07) is 11.0. The van der Waals surface area contributed by atoms with Gasteiger partial charge in [0.2, 0.25) is 0 Å². The number of ketones is 1. The van der Waals surface area contributed by atoms with E-state index in [9.17, 15) is 4.79 Å². The van der Waals surface area contributed by atoms with Gasteiger partial charge in [0.25, 0.3) is 0 Å². The average molecular weight is 503 g/mol. The number of ether oxygens (including phenoxy) is 8. The Morgan fingerprint density at radius 1 is 0.667 bits per heavy atom. The first-order valence-corrected chi connectivity index (χ1v) is 11.2. The van der Waals surface area contributed by atoms with Gasteiger partial charge in [-0.1, -0.05) is 30.4 Å². The summed E-state index contributed by atoms with van der Waals surface area (Å²) >= 11 is 0. The molecule has 0 heterocycles. The molecule has 0 spiro atoms. The maximum absolute atomic E-state index is 12.3. The molecule has 0 aliphatic heterocycles. The Labute approximate surface area is 212 Å². The van der Waals surface area contributed by atoms with Gasteiger partial charge in [-0.15, -0.1) is 0 Å². The predicted octanol–water partition coefficient (Wildman–Crippen LogP) is 4.39. The van der Waals surface area contributed by atoms with Gasteiger partial charge in [0.05, 0.1) is 0 Å². The third-order valence-corrected chi connectivity index (χ3v) is 4.65. The van der Waals surface area contributed by atoms with Crippen molar-refractivity contribution in [2.45, 2.75) is 12.8 Å². The van der Waals surface area contributed by atoms with Crippen molar-refractivity contribution in [3.05, 3.63) is 65.8 Å². The normalized spacial score (nSPS) is 11.2. The molecule has 2 aromatic carbocycles. The molecule has 0 N–H and O–H groups in total. The summed E-state index contributed by atoms with van der Waals surface area (Å²) in [5, 5.41) is 0. The van der Waals surface area contributed by atoms with E-state index in [1.807, 2.05) is 30.3 Å². The van der Waals surface area contributed by atoms with Crippen molar-refractivity contribution in [3.8, 4) is 23.0 Å². The van der Waals surface area contributed by atoms with Crippen LogP contribution in [0, 0.1) is 0 Å². The van der Waals surface area contributed by atoms with Crippen LogP contribution in [0.5, 0.6) is 23.0 Å². The average Bonchev–Trinajstić information content (AvgIpc) is 2.90. The van der Waals surface area contributed by atoms with Crippen molar-refractivity contribution >= 4 is 11.9 Å². The molecule has 0 aromatic heterocycles. The number of rotatable bonds is 18. The molecular formula is C27H34O9. The SMILES string of the molecule is COCOc1ccc(/C=C/C=C/C(=O)CCc2ccc(OCOC)c(OCOC)c2)cc1OCOC. The Kier molecular flexibility index (Phi) is 13.7. The smallest absolute Gasteiger partial charge is 0.188 e. The lowest BCUT2D eigenvalue weighted by Crippen LogP contribution is -2.05. The summed E-state index contributed by atoms with van der Waals surface area (Å²) in [6.45, 7) is 0.390. The highest BCUT2D eigenvalue weighted by Gasteiger charge is 2.09. The summed E-state index contributed by atoms with van der Waals surface area (Å²) in [7, 11) is 6.17. The number of benzene rings is 2. The standard InChI is InChI=1S/C27H34O9/c1-29-17-33-24-13-10-21(15-26(24)35-19-31-3)7-5-6-8-23(28)12-9-22-11-14-25(34-18-30-2)27(16-22)36-20-32-4/h5-8,10-11,13-16H,9,12,17-20H2,1-4H3/b7-5+,8-6+. The molecule has 0 saturated carbocycles. The van der Waals surface area contributed by atoms with E-state index in [0.29, 0.717) is 35.8 Å². The Balaban J connectivity index is 1.93. The van der Waals surface area contributed by atoms with Gasteiger partial charge < -0.3 is 37.9 Å². The van der Waals surface area contributed by atoms with Gasteiger partial charge in [-0.05, 0) is 47.9 Å². The quantitative estimate of drug-likeness (QED) is 0.167. The molecule has 0 fully saturated rings. The lowest BCUT2D eigenvalue weighted by atomic mass is 10.1. The number of aryl methyl sites for hydroxylation is 1. The Hall–Kier alpha value is -3.37.